The van der Waals surface area contributed by atoms with Crippen LogP contribution < -0.4 is 5.32 Å². The molecular formula is C21H26FN3O4S. The Morgan fingerprint density at radius 3 is 2.73 bits per heavy atom. The molecule has 1 aliphatic heterocycles. The SMILES string of the molecule is CCOC(=O)C1C(C#N)C12SC(CC)C(CNc1ccc(O)c(F)c1)C(=O)N2CC. The molecule has 5 unspecified atom stereocenters. The number of esters is 1. The van der Waals surface area contributed by atoms with E-state index < -0.39 is 40.2 Å². The molecule has 0 bridgehead atoms. The normalized spacial score (nSPS) is 30.1. The number of carbonyl (C=O) groups is 2. The Balaban J connectivity index is 1.82. The average Bonchev–Trinajstić information content (AvgIpc) is 3.37. The highest BCUT2D eigenvalue weighted by atomic mass is 32.2. The fraction of sp³-hybridized carbons (Fsp3) is 0.571. The van der Waals surface area contributed by atoms with E-state index in [1.807, 2.05) is 13.8 Å². The number of benzene rings is 1. The van der Waals surface area contributed by atoms with Crippen LogP contribution in [-0.4, -0.2) is 51.7 Å². The number of phenols is 1. The van der Waals surface area contributed by atoms with E-state index in [0.717, 1.165) is 0 Å². The second kappa shape index (κ2) is 8.72. The molecule has 1 amide bonds. The van der Waals surface area contributed by atoms with Gasteiger partial charge in [0.15, 0.2) is 11.6 Å². The number of rotatable bonds is 7. The van der Waals surface area contributed by atoms with E-state index in [2.05, 4.69) is 11.4 Å². The summed E-state index contributed by atoms with van der Waals surface area (Å²) in [6.07, 6.45) is 0.680. The first kappa shape index (κ1) is 22.2. The minimum atomic E-state index is -0.880. The first-order valence-electron chi connectivity index (χ1n) is 10.1. The van der Waals surface area contributed by atoms with Crippen molar-refractivity contribution in [2.75, 3.05) is 25.0 Å². The number of anilines is 1. The van der Waals surface area contributed by atoms with Crippen molar-refractivity contribution in [1.29, 1.82) is 5.26 Å². The first-order chi connectivity index (χ1) is 14.3. The van der Waals surface area contributed by atoms with Gasteiger partial charge in [-0.25, -0.2) is 4.39 Å². The van der Waals surface area contributed by atoms with E-state index in [0.29, 0.717) is 18.7 Å². The maximum atomic E-state index is 13.6. The first-order valence-corrected chi connectivity index (χ1v) is 11.0. The van der Waals surface area contributed by atoms with Crippen LogP contribution in [0.4, 0.5) is 10.1 Å². The van der Waals surface area contributed by atoms with Crippen molar-refractivity contribution in [3.05, 3.63) is 24.0 Å². The lowest BCUT2D eigenvalue weighted by molar-refractivity contribution is -0.146. The number of phenolic OH excluding ortho intramolecular Hbond substituents is 1. The number of aromatic hydroxyl groups is 1. The number of hydrogen-bond donors (Lipinski definition) is 2. The highest BCUT2D eigenvalue weighted by Gasteiger charge is 2.76. The van der Waals surface area contributed by atoms with Crippen molar-refractivity contribution >= 4 is 29.3 Å². The Morgan fingerprint density at radius 2 is 2.17 bits per heavy atom. The van der Waals surface area contributed by atoms with Crippen molar-refractivity contribution in [3.63, 3.8) is 0 Å². The number of ether oxygens (including phenoxy) is 1. The maximum Gasteiger partial charge on any atom is 0.313 e. The summed E-state index contributed by atoms with van der Waals surface area (Å²) >= 11 is 1.51. The van der Waals surface area contributed by atoms with Crippen LogP contribution in [0.3, 0.4) is 0 Å². The summed E-state index contributed by atoms with van der Waals surface area (Å²) in [7, 11) is 0. The van der Waals surface area contributed by atoms with Gasteiger partial charge in [0.25, 0.3) is 0 Å². The number of halogens is 1. The third kappa shape index (κ3) is 3.58. The molecule has 5 atom stereocenters. The van der Waals surface area contributed by atoms with E-state index in [9.17, 15) is 24.3 Å². The smallest absolute Gasteiger partial charge is 0.313 e. The molecule has 1 saturated carbocycles. The van der Waals surface area contributed by atoms with Gasteiger partial charge in [-0.3, -0.25) is 9.59 Å². The summed E-state index contributed by atoms with van der Waals surface area (Å²) in [5, 5.41) is 22.0. The van der Waals surface area contributed by atoms with Gasteiger partial charge in [-0.15, -0.1) is 11.8 Å². The Bertz CT molecular complexity index is 876. The summed E-state index contributed by atoms with van der Waals surface area (Å²) < 4.78 is 18.8. The molecule has 1 aromatic carbocycles. The summed E-state index contributed by atoms with van der Waals surface area (Å²) in [6, 6.07) is 6.19. The molecule has 1 aliphatic carbocycles. The molecule has 3 rings (SSSR count). The van der Waals surface area contributed by atoms with Crippen LogP contribution in [0.25, 0.3) is 0 Å². The lowest BCUT2D eigenvalue weighted by Gasteiger charge is -2.44. The molecule has 2 aliphatic rings. The molecule has 2 fully saturated rings. The molecule has 0 aromatic heterocycles. The number of nitrogens with zero attached hydrogens (tertiary/aromatic N) is 2. The predicted molar refractivity (Wildman–Crippen MR) is 111 cm³/mol. The lowest BCUT2D eigenvalue weighted by atomic mass is 9.99. The highest BCUT2D eigenvalue weighted by molar-refractivity contribution is 8.01. The van der Waals surface area contributed by atoms with Crippen molar-refractivity contribution in [3.8, 4) is 11.8 Å². The van der Waals surface area contributed by atoms with E-state index in [1.165, 1.54) is 23.9 Å². The fourth-order valence-electron chi connectivity index (χ4n) is 4.29. The van der Waals surface area contributed by atoms with Gasteiger partial charge in [0.05, 0.1) is 24.5 Å². The van der Waals surface area contributed by atoms with E-state index in [1.54, 1.807) is 17.9 Å². The van der Waals surface area contributed by atoms with Crippen LogP contribution in [0.5, 0.6) is 5.75 Å². The quantitative estimate of drug-likeness (QED) is 0.501. The van der Waals surface area contributed by atoms with Gasteiger partial charge in [-0.1, -0.05) is 6.92 Å². The number of amides is 1. The average molecular weight is 436 g/mol. The molecule has 9 heteroatoms. The third-order valence-corrected chi connectivity index (χ3v) is 7.85. The van der Waals surface area contributed by atoms with Gasteiger partial charge < -0.3 is 20.1 Å². The highest BCUT2D eigenvalue weighted by Crippen LogP contribution is 2.66. The topological polar surface area (TPSA) is 103 Å². The van der Waals surface area contributed by atoms with Crippen molar-refractivity contribution in [2.24, 2.45) is 17.8 Å². The second-order valence-corrected chi connectivity index (χ2v) is 8.88. The van der Waals surface area contributed by atoms with E-state index >= 15 is 0 Å². The Hall–Kier alpha value is -2.47. The van der Waals surface area contributed by atoms with Crippen LogP contribution in [-0.2, 0) is 14.3 Å². The Labute approximate surface area is 179 Å². The van der Waals surface area contributed by atoms with Crippen LogP contribution in [0.15, 0.2) is 18.2 Å². The molecule has 0 radical (unpaired) electrons. The number of nitriles is 1. The maximum absolute atomic E-state index is 13.6. The van der Waals surface area contributed by atoms with Gasteiger partial charge >= 0.3 is 5.97 Å². The minimum Gasteiger partial charge on any atom is -0.505 e. The van der Waals surface area contributed by atoms with Crippen LogP contribution >= 0.6 is 11.8 Å². The van der Waals surface area contributed by atoms with E-state index in [4.69, 9.17) is 4.74 Å². The predicted octanol–water partition coefficient (Wildman–Crippen LogP) is 2.96. The van der Waals surface area contributed by atoms with Crippen molar-refractivity contribution in [1.82, 2.24) is 4.90 Å². The molecule has 1 heterocycles. The number of thioether (sulfide) groups is 1. The summed E-state index contributed by atoms with van der Waals surface area (Å²) in [6.45, 7) is 6.40. The molecule has 162 valence electrons. The molecule has 1 saturated heterocycles. The van der Waals surface area contributed by atoms with Gasteiger partial charge in [-0.2, -0.15) is 5.26 Å². The molecule has 30 heavy (non-hydrogen) atoms. The van der Waals surface area contributed by atoms with Gasteiger partial charge in [0, 0.05) is 30.1 Å². The summed E-state index contributed by atoms with van der Waals surface area (Å²) in [4.78, 5) is 26.6. The fourth-order valence-corrected chi connectivity index (χ4v) is 6.31. The Morgan fingerprint density at radius 1 is 1.43 bits per heavy atom. The zero-order valence-electron chi connectivity index (χ0n) is 17.2. The van der Waals surface area contributed by atoms with Crippen molar-refractivity contribution < 1.29 is 23.8 Å². The molecule has 2 N–H and O–H groups in total. The number of carbonyl (C=O) groups excluding carboxylic acids is 2. The third-order valence-electron chi connectivity index (χ3n) is 5.78. The molecule has 7 nitrogen and oxygen atoms in total. The molecular weight excluding hydrogens is 409 g/mol. The Kier molecular flexibility index (Phi) is 6.46. The molecule has 1 aromatic rings. The largest absolute Gasteiger partial charge is 0.505 e. The number of hydrogen-bond acceptors (Lipinski definition) is 7. The minimum absolute atomic E-state index is 0.106. The van der Waals surface area contributed by atoms with Gasteiger partial charge in [0.1, 0.15) is 10.8 Å². The monoisotopic (exact) mass is 435 g/mol. The van der Waals surface area contributed by atoms with E-state index in [-0.39, 0.29) is 24.3 Å². The standard InChI is InChI=1S/C21H26FN3O4S/c1-4-17-13(11-24-12-7-8-16(26)15(22)9-12)19(27)25(5-2)21(30-17)14(10-23)18(21)20(28)29-6-3/h7-9,13-14,17-18,24,26H,4-6,11H2,1-3H3. The second-order valence-electron chi connectivity index (χ2n) is 7.39. The zero-order valence-corrected chi connectivity index (χ0v) is 18.0. The lowest BCUT2D eigenvalue weighted by Crippen LogP contribution is -2.55. The summed E-state index contributed by atoms with van der Waals surface area (Å²) in [5.41, 5.74) is 0.465. The molecule has 1 spiro atoms. The van der Waals surface area contributed by atoms with Gasteiger partial charge in [0.2, 0.25) is 5.91 Å². The summed E-state index contributed by atoms with van der Waals surface area (Å²) in [5.74, 6) is -3.37. The van der Waals surface area contributed by atoms with Gasteiger partial charge in [-0.05, 0) is 32.4 Å². The van der Waals surface area contributed by atoms with Crippen LogP contribution in [0.2, 0.25) is 0 Å². The van der Waals surface area contributed by atoms with Crippen LogP contribution in [0, 0.1) is 34.9 Å². The number of nitrogens with one attached hydrogen (secondary N) is 1. The van der Waals surface area contributed by atoms with Crippen LogP contribution in [0.1, 0.15) is 27.2 Å². The zero-order chi connectivity index (χ0) is 22.1. The van der Waals surface area contributed by atoms with Crippen molar-refractivity contribution in [2.45, 2.75) is 37.3 Å².